The fourth-order valence-corrected chi connectivity index (χ4v) is 5.54. The van der Waals surface area contributed by atoms with Crippen molar-refractivity contribution in [2.45, 2.75) is 58.1 Å². The number of aryl methyl sites for hydroxylation is 1. The molecule has 198 valence electrons. The summed E-state index contributed by atoms with van der Waals surface area (Å²) in [7, 11) is 0. The van der Waals surface area contributed by atoms with Crippen molar-refractivity contribution in [1.82, 2.24) is 15.0 Å². The number of carbonyl (C=O) groups excluding carboxylic acids is 1. The molecule has 2 aromatic rings. The van der Waals surface area contributed by atoms with E-state index >= 15 is 0 Å². The van der Waals surface area contributed by atoms with Crippen LogP contribution in [0.15, 0.2) is 18.2 Å². The van der Waals surface area contributed by atoms with Crippen molar-refractivity contribution in [2.24, 2.45) is 5.41 Å². The molecular formula is C27H37N7O3. The Balaban J connectivity index is 1.25. The Morgan fingerprint density at radius 2 is 1.81 bits per heavy atom. The van der Waals surface area contributed by atoms with Crippen LogP contribution in [0, 0.1) is 12.3 Å². The Morgan fingerprint density at radius 1 is 1.03 bits per heavy atom. The number of ether oxygens (including phenoxy) is 2. The molecule has 1 spiro atoms. The Bertz CT molecular complexity index is 1170. The number of aromatic nitrogens is 3. The highest BCUT2D eigenvalue weighted by atomic mass is 16.5. The number of pyridine rings is 1. The molecule has 4 fully saturated rings. The highest BCUT2D eigenvalue weighted by Gasteiger charge is 2.45. The molecule has 5 heterocycles. The number of nitrogens with one attached hydrogen (secondary N) is 2. The minimum absolute atomic E-state index is 0.115. The predicted molar refractivity (Wildman–Crippen MR) is 143 cm³/mol. The summed E-state index contributed by atoms with van der Waals surface area (Å²) in [5.74, 6) is 2.40. The summed E-state index contributed by atoms with van der Waals surface area (Å²) < 4.78 is 11.1. The standard InChI is InChI=1S/C27H37N7O3/c1-18-14-22(31-25(28-18)34-12-13-37-19(2)15-34)30-24(35)20-4-5-21(32-26(3)16-36-17-26)29-23(20)33-10-8-27(6-7-27)9-11-33/h4-5,14,19H,6-13,15-17H2,1-3H3,(H,29,32)(H,28,30,31,35)/t19-/m1/s1. The quantitative estimate of drug-likeness (QED) is 0.610. The first-order valence-electron chi connectivity index (χ1n) is 13.5. The second-order valence-electron chi connectivity index (χ2n) is 11.5. The van der Waals surface area contributed by atoms with Crippen molar-refractivity contribution >= 4 is 29.3 Å². The van der Waals surface area contributed by atoms with Crippen LogP contribution < -0.4 is 20.4 Å². The number of carbonyl (C=O) groups is 1. The SMILES string of the molecule is Cc1cc(NC(=O)c2ccc(NC3(C)COC3)nc2N2CCC3(CC2)CC3)nc(N2CCO[C@H](C)C2)n1. The maximum Gasteiger partial charge on any atom is 0.260 e. The van der Waals surface area contributed by atoms with Crippen LogP contribution in [0.1, 0.15) is 55.6 Å². The van der Waals surface area contributed by atoms with Crippen LogP contribution in [0.2, 0.25) is 0 Å². The van der Waals surface area contributed by atoms with E-state index in [2.05, 4.69) is 37.3 Å². The molecule has 10 nitrogen and oxygen atoms in total. The van der Waals surface area contributed by atoms with Crippen molar-refractivity contribution in [3.8, 4) is 0 Å². The van der Waals surface area contributed by atoms with Gasteiger partial charge in [-0.05, 0) is 64.0 Å². The number of amides is 1. The number of rotatable bonds is 6. The average Bonchev–Trinajstić information content (AvgIpc) is 3.61. The van der Waals surface area contributed by atoms with Gasteiger partial charge in [0.05, 0.1) is 37.0 Å². The van der Waals surface area contributed by atoms with Gasteiger partial charge in [0.15, 0.2) is 0 Å². The first-order valence-corrected chi connectivity index (χ1v) is 13.5. The molecule has 3 aliphatic heterocycles. The summed E-state index contributed by atoms with van der Waals surface area (Å²) in [5, 5.41) is 6.54. The first kappa shape index (κ1) is 24.4. The number of morpholine rings is 1. The van der Waals surface area contributed by atoms with E-state index in [1.807, 2.05) is 32.0 Å². The van der Waals surface area contributed by atoms with Crippen LogP contribution in [0.5, 0.6) is 0 Å². The topological polar surface area (TPSA) is 105 Å². The molecule has 6 rings (SSSR count). The molecule has 0 aromatic carbocycles. The predicted octanol–water partition coefficient (Wildman–Crippen LogP) is 3.24. The van der Waals surface area contributed by atoms with Crippen molar-refractivity contribution < 1.29 is 14.3 Å². The smallest absolute Gasteiger partial charge is 0.260 e. The number of hydrogen-bond acceptors (Lipinski definition) is 9. The van der Waals surface area contributed by atoms with Crippen LogP contribution in [0.25, 0.3) is 0 Å². The molecular weight excluding hydrogens is 470 g/mol. The summed E-state index contributed by atoms with van der Waals surface area (Å²) in [4.78, 5) is 32.2. The lowest BCUT2D eigenvalue weighted by molar-refractivity contribution is -0.0320. The van der Waals surface area contributed by atoms with Crippen LogP contribution in [0.4, 0.5) is 23.4 Å². The zero-order valence-corrected chi connectivity index (χ0v) is 22.0. The lowest BCUT2D eigenvalue weighted by Crippen LogP contribution is -2.53. The largest absolute Gasteiger partial charge is 0.376 e. The van der Waals surface area contributed by atoms with Gasteiger partial charge in [0.1, 0.15) is 17.5 Å². The molecule has 3 saturated heterocycles. The molecule has 0 radical (unpaired) electrons. The van der Waals surface area contributed by atoms with Gasteiger partial charge in [-0.3, -0.25) is 4.79 Å². The normalized spacial score (nSPS) is 23.9. The average molecular weight is 508 g/mol. The van der Waals surface area contributed by atoms with Crippen LogP contribution in [-0.2, 0) is 9.47 Å². The zero-order chi connectivity index (χ0) is 25.6. The Morgan fingerprint density at radius 3 is 2.49 bits per heavy atom. The minimum atomic E-state index is -0.210. The van der Waals surface area contributed by atoms with Crippen molar-refractivity contribution in [2.75, 3.05) is 66.4 Å². The fourth-order valence-electron chi connectivity index (χ4n) is 5.54. The maximum absolute atomic E-state index is 13.6. The summed E-state index contributed by atoms with van der Waals surface area (Å²) >= 11 is 0. The lowest BCUT2D eigenvalue weighted by Gasteiger charge is -2.39. The monoisotopic (exact) mass is 507 g/mol. The number of anilines is 4. The van der Waals surface area contributed by atoms with Gasteiger partial charge in [-0.15, -0.1) is 0 Å². The van der Waals surface area contributed by atoms with Crippen LogP contribution in [0.3, 0.4) is 0 Å². The Hall–Kier alpha value is -2.98. The summed E-state index contributed by atoms with van der Waals surface area (Å²) in [6, 6.07) is 5.58. The Labute approximate surface area is 218 Å². The van der Waals surface area contributed by atoms with E-state index in [9.17, 15) is 4.79 Å². The van der Waals surface area contributed by atoms with E-state index in [4.69, 9.17) is 14.5 Å². The molecule has 1 saturated carbocycles. The highest BCUT2D eigenvalue weighted by Crippen LogP contribution is 2.54. The third-order valence-electron chi connectivity index (χ3n) is 8.08. The molecule has 2 N–H and O–H groups in total. The molecule has 0 bridgehead atoms. The molecule has 37 heavy (non-hydrogen) atoms. The van der Waals surface area contributed by atoms with Gasteiger partial charge in [-0.1, -0.05) is 0 Å². The third kappa shape index (κ3) is 5.22. The maximum atomic E-state index is 13.6. The summed E-state index contributed by atoms with van der Waals surface area (Å²) in [6.07, 6.45) is 5.10. The molecule has 4 aliphatic rings. The van der Waals surface area contributed by atoms with Crippen molar-refractivity contribution in [3.63, 3.8) is 0 Å². The van der Waals surface area contributed by atoms with Gasteiger partial charge in [-0.25, -0.2) is 9.97 Å². The van der Waals surface area contributed by atoms with Crippen LogP contribution in [-0.4, -0.2) is 78.5 Å². The first-order chi connectivity index (χ1) is 17.8. The fraction of sp³-hybridized carbons (Fsp3) is 0.630. The van der Waals surface area contributed by atoms with Gasteiger partial charge in [0, 0.05) is 37.9 Å². The molecule has 10 heteroatoms. The van der Waals surface area contributed by atoms with E-state index < -0.39 is 0 Å². The van der Waals surface area contributed by atoms with E-state index in [0.717, 1.165) is 56.4 Å². The van der Waals surface area contributed by atoms with Crippen molar-refractivity contribution in [1.29, 1.82) is 0 Å². The van der Waals surface area contributed by atoms with Gasteiger partial charge in [-0.2, -0.15) is 4.98 Å². The minimum Gasteiger partial charge on any atom is -0.376 e. The summed E-state index contributed by atoms with van der Waals surface area (Å²) in [6.45, 7) is 11.3. The highest BCUT2D eigenvalue weighted by molar-refractivity contribution is 6.07. The molecule has 2 aromatic heterocycles. The van der Waals surface area contributed by atoms with Gasteiger partial charge >= 0.3 is 0 Å². The molecule has 1 amide bonds. The van der Waals surface area contributed by atoms with E-state index in [1.165, 1.54) is 12.8 Å². The van der Waals surface area contributed by atoms with E-state index in [0.29, 0.717) is 42.6 Å². The zero-order valence-electron chi connectivity index (χ0n) is 22.0. The van der Waals surface area contributed by atoms with Gasteiger partial charge < -0.3 is 29.9 Å². The second kappa shape index (κ2) is 9.40. The summed E-state index contributed by atoms with van der Waals surface area (Å²) in [5.41, 5.74) is 1.78. The second-order valence-corrected chi connectivity index (χ2v) is 11.5. The molecule has 1 aliphatic carbocycles. The number of hydrogen-bond donors (Lipinski definition) is 2. The molecule has 1 atom stereocenters. The van der Waals surface area contributed by atoms with E-state index in [1.54, 1.807) is 0 Å². The Kier molecular flexibility index (Phi) is 6.19. The number of nitrogens with zero attached hydrogens (tertiary/aromatic N) is 5. The van der Waals surface area contributed by atoms with Crippen molar-refractivity contribution in [3.05, 3.63) is 29.5 Å². The number of piperidine rings is 1. The van der Waals surface area contributed by atoms with Gasteiger partial charge in [0.2, 0.25) is 5.95 Å². The van der Waals surface area contributed by atoms with Gasteiger partial charge in [0.25, 0.3) is 5.91 Å². The van der Waals surface area contributed by atoms with E-state index in [-0.39, 0.29) is 17.6 Å². The lowest BCUT2D eigenvalue weighted by atomic mass is 9.93. The third-order valence-corrected chi connectivity index (χ3v) is 8.08. The molecule has 0 unspecified atom stereocenters. The van der Waals surface area contributed by atoms with Crippen LogP contribution >= 0.6 is 0 Å².